The number of aliphatic hydroxyl groups is 2. The number of amides is 1. The Balaban J connectivity index is 3.51. The Morgan fingerprint density at radius 2 is 0.694 bits per heavy atom. The van der Waals surface area contributed by atoms with Crippen molar-refractivity contribution in [2.24, 2.45) is 0 Å². The fourth-order valence-electron chi connectivity index (χ4n) is 9.66. The smallest absolute Gasteiger partial charge is 0.305 e. The van der Waals surface area contributed by atoms with Gasteiger partial charge in [0, 0.05) is 12.8 Å². The van der Waals surface area contributed by atoms with Crippen molar-refractivity contribution in [3.63, 3.8) is 0 Å². The first-order valence-electron chi connectivity index (χ1n) is 31.9. The van der Waals surface area contributed by atoms with Crippen LogP contribution in [-0.4, -0.2) is 47.4 Å². The summed E-state index contributed by atoms with van der Waals surface area (Å²) in [4.78, 5) is 24.6. The molecule has 0 spiro atoms. The van der Waals surface area contributed by atoms with Gasteiger partial charge in [0.25, 0.3) is 0 Å². The first-order valence-corrected chi connectivity index (χ1v) is 31.9. The number of nitrogens with one attached hydrogen (secondary N) is 1. The van der Waals surface area contributed by atoms with Crippen LogP contribution in [-0.2, 0) is 14.3 Å². The molecule has 6 heteroatoms. The Morgan fingerprint density at radius 3 is 1.08 bits per heavy atom. The maximum absolute atomic E-state index is 12.5. The third-order valence-electron chi connectivity index (χ3n) is 14.6. The SMILES string of the molecule is CCCCCC/C=C\C/C=C\CCCCCCCC(=O)OCCCCCC/C=C\CCCCCCCCCC(=O)NC(CO)C(O)/C=C/CCCCCCCCCCCCCCCCCCCCCCCC. The summed E-state index contributed by atoms with van der Waals surface area (Å²) in [6, 6.07) is -0.642. The number of ether oxygens (including phenoxy) is 1. The van der Waals surface area contributed by atoms with Crippen LogP contribution in [0.3, 0.4) is 0 Å². The molecule has 2 atom stereocenters. The van der Waals surface area contributed by atoms with Gasteiger partial charge in [0.05, 0.1) is 25.4 Å². The highest BCUT2D eigenvalue weighted by Crippen LogP contribution is 2.17. The number of unbranched alkanes of at least 4 members (excludes halogenated alkanes) is 42. The molecular weight excluding hydrogens is 887 g/mol. The maximum Gasteiger partial charge on any atom is 0.305 e. The molecule has 0 aliphatic carbocycles. The zero-order chi connectivity index (χ0) is 52.2. The Kier molecular flexibility index (Phi) is 59.5. The Morgan fingerprint density at radius 1 is 0.389 bits per heavy atom. The number of aliphatic hydroxyl groups excluding tert-OH is 2. The lowest BCUT2D eigenvalue weighted by Crippen LogP contribution is -2.45. The molecular formula is C66H123NO5. The molecule has 0 bridgehead atoms. The highest BCUT2D eigenvalue weighted by Gasteiger charge is 2.18. The molecule has 0 aliphatic heterocycles. The van der Waals surface area contributed by atoms with E-state index in [1.165, 1.54) is 225 Å². The van der Waals surface area contributed by atoms with Crippen molar-refractivity contribution in [3.05, 3.63) is 48.6 Å². The molecule has 0 heterocycles. The van der Waals surface area contributed by atoms with Crippen molar-refractivity contribution in [1.82, 2.24) is 5.32 Å². The van der Waals surface area contributed by atoms with E-state index in [-0.39, 0.29) is 18.5 Å². The van der Waals surface area contributed by atoms with E-state index >= 15 is 0 Å². The molecule has 0 aromatic heterocycles. The highest BCUT2D eigenvalue weighted by molar-refractivity contribution is 5.76. The van der Waals surface area contributed by atoms with Crippen LogP contribution in [0.5, 0.6) is 0 Å². The molecule has 0 radical (unpaired) electrons. The van der Waals surface area contributed by atoms with Crippen LogP contribution in [0.4, 0.5) is 0 Å². The summed E-state index contributed by atoms with van der Waals surface area (Å²) < 4.78 is 5.46. The van der Waals surface area contributed by atoms with Crippen LogP contribution in [0.15, 0.2) is 48.6 Å². The van der Waals surface area contributed by atoms with Gasteiger partial charge in [0.15, 0.2) is 0 Å². The normalized spacial score (nSPS) is 12.9. The Hall–Kier alpha value is -2.18. The Bertz CT molecular complexity index is 1210. The molecule has 0 rings (SSSR count). The number of carbonyl (C=O) groups excluding carboxylic acids is 2. The number of hydrogen-bond acceptors (Lipinski definition) is 5. The van der Waals surface area contributed by atoms with E-state index in [0.717, 1.165) is 83.5 Å². The van der Waals surface area contributed by atoms with Crippen molar-refractivity contribution >= 4 is 11.9 Å². The first-order chi connectivity index (χ1) is 35.5. The molecule has 0 aliphatic rings. The zero-order valence-electron chi connectivity index (χ0n) is 48.2. The second-order valence-electron chi connectivity index (χ2n) is 21.7. The van der Waals surface area contributed by atoms with Crippen LogP contribution < -0.4 is 5.32 Å². The standard InChI is InChI=1S/C66H123NO5/c1-3-5-7-9-11-13-15-17-19-21-22-23-24-25-26-27-28-30-34-38-42-46-50-54-58-64(69)63(62-68)67-65(70)59-55-51-47-43-39-35-31-29-33-37-41-45-49-53-57-61-72-66(71)60-56-52-48-44-40-36-32-20-18-16-14-12-10-8-6-4-2/h14,16,20,32-33,37,54,58,63-64,68-69H,3-13,15,17-19,21-31,34-36,38-53,55-57,59-62H2,1-2H3,(H,67,70)/b16-14-,32-20-,37-33-,58-54+. The number of hydrogen-bond donors (Lipinski definition) is 3. The molecule has 422 valence electrons. The van der Waals surface area contributed by atoms with Crippen LogP contribution in [0.1, 0.15) is 335 Å². The average Bonchev–Trinajstić information content (AvgIpc) is 3.38. The molecule has 3 N–H and O–H groups in total. The quantitative estimate of drug-likeness (QED) is 0.0320. The van der Waals surface area contributed by atoms with E-state index in [1.807, 2.05) is 6.08 Å². The van der Waals surface area contributed by atoms with E-state index in [2.05, 4.69) is 55.6 Å². The molecule has 0 aromatic carbocycles. The van der Waals surface area contributed by atoms with E-state index in [9.17, 15) is 19.8 Å². The minimum atomic E-state index is -0.857. The average molecular weight is 1010 g/mol. The fourth-order valence-corrected chi connectivity index (χ4v) is 9.66. The summed E-state index contributed by atoms with van der Waals surface area (Å²) in [6.45, 7) is 4.86. The number of esters is 1. The monoisotopic (exact) mass is 1010 g/mol. The van der Waals surface area contributed by atoms with Gasteiger partial charge in [-0.05, 0) is 89.9 Å². The van der Waals surface area contributed by atoms with Gasteiger partial charge in [-0.25, -0.2) is 0 Å². The summed E-state index contributed by atoms with van der Waals surface area (Å²) >= 11 is 0. The molecule has 72 heavy (non-hydrogen) atoms. The molecule has 2 unspecified atom stereocenters. The number of rotatable bonds is 59. The van der Waals surface area contributed by atoms with Gasteiger partial charge >= 0.3 is 5.97 Å². The highest BCUT2D eigenvalue weighted by atomic mass is 16.5. The van der Waals surface area contributed by atoms with E-state index in [0.29, 0.717) is 19.4 Å². The van der Waals surface area contributed by atoms with Gasteiger partial charge in [-0.1, -0.05) is 281 Å². The van der Waals surface area contributed by atoms with E-state index in [4.69, 9.17) is 4.74 Å². The lowest BCUT2D eigenvalue weighted by Gasteiger charge is -2.20. The summed E-state index contributed by atoms with van der Waals surface area (Å²) in [5.74, 6) is -0.106. The van der Waals surface area contributed by atoms with Crippen molar-refractivity contribution in [2.45, 2.75) is 347 Å². The van der Waals surface area contributed by atoms with E-state index < -0.39 is 12.1 Å². The van der Waals surface area contributed by atoms with Crippen LogP contribution in [0.2, 0.25) is 0 Å². The number of allylic oxidation sites excluding steroid dienone is 7. The fraction of sp³-hybridized carbons (Fsp3) is 0.848. The van der Waals surface area contributed by atoms with Gasteiger partial charge < -0.3 is 20.3 Å². The van der Waals surface area contributed by atoms with Gasteiger partial charge in [0.1, 0.15) is 0 Å². The van der Waals surface area contributed by atoms with Crippen molar-refractivity contribution < 1.29 is 24.5 Å². The van der Waals surface area contributed by atoms with Gasteiger partial charge in [0.2, 0.25) is 5.91 Å². The molecule has 0 aromatic rings. The predicted octanol–water partition coefficient (Wildman–Crippen LogP) is 20.1. The van der Waals surface area contributed by atoms with Gasteiger partial charge in [-0.2, -0.15) is 0 Å². The summed E-state index contributed by atoms with van der Waals surface area (Å²) in [5, 5.41) is 23.2. The van der Waals surface area contributed by atoms with E-state index in [1.54, 1.807) is 6.08 Å². The van der Waals surface area contributed by atoms with Crippen molar-refractivity contribution in [3.8, 4) is 0 Å². The summed E-state index contributed by atoms with van der Waals surface area (Å²) in [6.07, 6.45) is 78.6. The lowest BCUT2D eigenvalue weighted by atomic mass is 10.0. The third kappa shape index (κ3) is 57.1. The first kappa shape index (κ1) is 69.8. The second kappa shape index (κ2) is 61.4. The van der Waals surface area contributed by atoms with Crippen LogP contribution in [0, 0.1) is 0 Å². The summed E-state index contributed by atoms with van der Waals surface area (Å²) in [5.41, 5.74) is 0. The van der Waals surface area contributed by atoms with Gasteiger partial charge in [-0.15, -0.1) is 0 Å². The molecule has 6 nitrogen and oxygen atoms in total. The third-order valence-corrected chi connectivity index (χ3v) is 14.6. The molecule has 0 saturated heterocycles. The predicted molar refractivity (Wildman–Crippen MR) is 315 cm³/mol. The molecule has 1 amide bonds. The van der Waals surface area contributed by atoms with Gasteiger partial charge in [-0.3, -0.25) is 9.59 Å². The molecule has 0 fully saturated rings. The minimum Gasteiger partial charge on any atom is -0.466 e. The van der Waals surface area contributed by atoms with Crippen molar-refractivity contribution in [2.75, 3.05) is 13.2 Å². The molecule has 0 saturated carbocycles. The largest absolute Gasteiger partial charge is 0.466 e. The number of carbonyl (C=O) groups is 2. The summed E-state index contributed by atoms with van der Waals surface area (Å²) in [7, 11) is 0. The Labute approximate surface area is 448 Å². The van der Waals surface area contributed by atoms with Crippen LogP contribution in [0.25, 0.3) is 0 Å². The minimum absolute atomic E-state index is 0.0245. The second-order valence-corrected chi connectivity index (χ2v) is 21.7. The maximum atomic E-state index is 12.5. The van der Waals surface area contributed by atoms with Crippen molar-refractivity contribution in [1.29, 1.82) is 0 Å². The zero-order valence-corrected chi connectivity index (χ0v) is 48.2. The van der Waals surface area contributed by atoms with Crippen LogP contribution >= 0.6 is 0 Å². The lowest BCUT2D eigenvalue weighted by molar-refractivity contribution is -0.143. The topological polar surface area (TPSA) is 95.9 Å².